The molecule has 0 aliphatic rings. The van der Waals surface area contributed by atoms with Crippen LogP contribution >= 0.6 is 0 Å². The first kappa shape index (κ1) is 16.8. The van der Waals surface area contributed by atoms with Crippen LogP contribution in [0.25, 0.3) is 5.65 Å². The molecule has 0 unspecified atom stereocenters. The third-order valence-corrected chi connectivity index (χ3v) is 4.13. The van der Waals surface area contributed by atoms with Crippen LogP contribution in [-0.4, -0.2) is 37.0 Å². The van der Waals surface area contributed by atoms with Gasteiger partial charge in [-0.15, -0.1) is 0 Å². The van der Waals surface area contributed by atoms with Crippen molar-refractivity contribution in [2.45, 2.75) is 13.3 Å². The lowest BCUT2D eigenvalue weighted by Crippen LogP contribution is -2.27. The summed E-state index contributed by atoms with van der Waals surface area (Å²) in [5.74, 6) is 0.593. The minimum atomic E-state index is -0.162. The summed E-state index contributed by atoms with van der Waals surface area (Å²) >= 11 is 0. The quantitative estimate of drug-likeness (QED) is 0.530. The largest absolute Gasteiger partial charge is 0.471 e. The van der Waals surface area contributed by atoms with Gasteiger partial charge in [0.2, 0.25) is 0 Å². The molecule has 0 bridgehead atoms. The lowest BCUT2D eigenvalue weighted by molar-refractivity contribution is 0.0775. The number of hydrogen-bond acceptors (Lipinski definition) is 4. The molecule has 4 rings (SSSR count). The molecule has 1 amide bonds. The lowest BCUT2D eigenvalue weighted by atomic mass is 10.3. The van der Waals surface area contributed by atoms with Gasteiger partial charge >= 0.3 is 0 Å². The lowest BCUT2D eigenvalue weighted by Gasteiger charge is -2.14. The molecule has 0 aliphatic heterocycles. The summed E-state index contributed by atoms with van der Waals surface area (Å²) in [5, 5.41) is 4.31. The molecule has 7 nitrogen and oxygen atoms in total. The van der Waals surface area contributed by atoms with Crippen LogP contribution in [0.15, 0.2) is 73.2 Å². The number of amides is 1. The minimum absolute atomic E-state index is 0.162. The molecule has 27 heavy (non-hydrogen) atoms. The van der Waals surface area contributed by atoms with Crippen molar-refractivity contribution < 1.29 is 9.53 Å². The van der Waals surface area contributed by atoms with E-state index in [4.69, 9.17) is 4.74 Å². The number of para-hydroxylation sites is 1. The number of pyridine rings is 1. The molecule has 3 heterocycles. The smallest absolute Gasteiger partial charge is 0.274 e. The zero-order chi connectivity index (χ0) is 18.6. The maximum atomic E-state index is 12.6. The average Bonchev–Trinajstić information content (AvgIpc) is 3.33. The first-order valence-corrected chi connectivity index (χ1v) is 8.58. The normalized spacial score (nSPS) is 10.9. The number of nitrogens with zero attached hydrogens (tertiary/aromatic N) is 5. The SMILES string of the molecule is CN(Cc1cn2ccccc2n1)C(=O)c1ccn(COc2ccccc2)n1. The Bertz CT molecular complexity index is 1020. The molecule has 136 valence electrons. The fourth-order valence-corrected chi connectivity index (χ4v) is 2.78. The van der Waals surface area contributed by atoms with E-state index in [2.05, 4.69) is 10.1 Å². The monoisotopic (exact) mass is 361 g/mol. The molecular weight excluding hydrogens is 342 g/mol. The fourth-order valence-electron chi connectivity index (χ4n) is 2.78. The molecule has 0 N–H and O–H groups in total. The summed E-state index contributed by atoms with van der Waals surface area (Å²) in [6.07, 6.45) is 5.59. The number of rotatable bonds is 6. The van der Waals surface area contributed by atoms with Crippen LogP contribution in [0.5, 0.6) is 5.75 Å². The van der Waals surface area contributed by atoms with Crippen LogP contribution < -0.4 is 4.74 Å². The van der Waals surface area contributed by atoms with Gasteiger partial charge in [0.1, 0.15) is 11.4 Å². The third kappa shape index (κ3) is 3.82. The van der Waals surface area contributed by atoms with Crippen LogP contribution in [0.4, 0.5) is 0 Å². The maximum Gasteiger partial charge on any atom is 0.274 e. The molecule has 0 radical (unpaired) electrons. The van der Waals surface area contributed by atoms with Gasteiger partial charge in [-0.25, -0.2) is 9.67 Å². The number of benzene rings is 1. The summed E-state index contributed by atoms with van der Waals surface area (Å²) in [4.78, 5) is 18.8. The van der Waals surface area contributed by atoms with Crippen molar-refractivity contribution in [2.24, 2.45) is 0 Å². The highest BCUT2D eigenvalue weighted by Crippen LogP contribution is 2.11. The van der Waals surface area contributed by atoms with E-state index in [1.54, 1.807) is 28.9 Å². The predicted octanol–water partition coefficient (Wildman–Crippen LogP) is 2.84. The number of aromatic nitrogens is 4. The Kier molecular flexibility index (Phi) is 4.57. The van der Waals surface area contributed by atoms with E-state index >= 15 is 0 Å². The van der Waals surface area contributed by atoms with E-state index < -0.39 is 0 Å². The van der Waals surface area contributed by atoms with Crippen molar-refractivity contribution in [3.8, 4) is 5.75 Å². The highest BCUT2D eigenvalue weighted by molar-refractivity contribution is 5.91. The Morgan fingerprint density at radius 2 is 1.89 bits per heavy atom. The van der Waals surface area contributed by atoms with Crippen LogP contribution in [0, 0.1) is 0 Å². The van der Waals surface area contributed by atoms with E-state index in [0.717, 1.165) is 17.1 Å². The zero-order valence-electron chi connectivity index (χ0n) is 14.9. The summed E-state index contributed by atoms with van der Waals surface area (Å²) in [6, 6.07) is 17.0. The van der Waals surface area contributed by atoms with Crippen molar-refractivity contribution in [1.82, 2.24) is 24.1 Å². The van der Waals surface area contributed by atoms with Crippen LogP contribution in [0.2, 0.25) is 0 Å². The van der Waals surface area contributed by atoms with Crippen LogP contribution in [0.1, 0.15) is 16.2 Å². The second-order valence-corrected chi connectivity index (χ2v) is 6.19. The molecule has 0 saturated carbocycles. The molecule has 0 atom stereocenters. The summed E-state index contributed by atoms with van der Waals surface area (Å²) in [6.45, 7) is 0.654. The average molecular weight is 361 g/mol. The Hall–Kier alpha value is -3.61. The standard InChI is InChI=1S/C20H19N5O2/c1-23(13-16-14-24-11-6-5-9-19(24)21-16)20(26)18-10-12-25(22-18)15-27-17-7-3-2-4-8-17/h2-12,14H,13,15H2,1H3. The molecule has 0 saturated heterocycles. The fraction of sp³-hybridized carbons (Fsp3) is 0.150. The molecule has 1 aromatic carbocycles. The van der Waals surface area contributed by atoms with Crippen molar-refractivity contribution in [3.63, 3.8) is 0 Å². The predicted molar refractivity (Wildman–Crippen MR) is 100 cm³/mol. The van der Waals surface area contributed by atoms with Gasteiger partial charge in [-0.05, 0) is 30.3 Å². The van der Waals surface area contributed by atoms with Crippen LogP contribution in [0.3, 0.4) is 0 Å². The van der Waals surface area contributed by atoms with E-state index in [0.29, 0.717) is 12.2 Å². The van der Waals surface area contributed by atoms with Crippen LogP contribution in [-0.2, 0) is 13.3 Å². The zero-order valence-corrected chi connectivity index (χ0v) is 14.9. The van der Waals surface area contributed by atoms with E-state index in [-0.39, 0.29) is 12.6 Å². The number of fused-ring (bicyclic) bond motifs is 1. The van der Waals surface area contributed by atoms with E-state index in [1.807, 2.05) is 65.3 Å². The third-order valence-electron chi connectivity index (χ3n) is 4.13. The number of carbonyl (C=O) groups excluding carboxylic acids is 1. The highest BCUT2D eigenvalue weighted by atomic mass is 16.5. The first-order valence-electron chi connectivity index (χ1n) is 8.58. The van der Waals surface area contributed by atoms with Gasteiger partial charge < -0.3 is 14.0 Å². The van der Waals surface area contributed by atoms with Gasteiger partial charge in [-0.3, -0.25) is 4.79 Å². The second kappa shape index (κ2) is 7.33. The molecule has 0 spiro atoms. The Labute approximate surface area is 156 Å². The van der Waals surface area contributed by atoms with E-state index in [1.165, 1.54) is 0 Å². The van der Waals surface area contributed by atoms with Gasteiger partial charge in [0.15, 0.2) is 12.4 Å². The Morgan fingerprint density at radius 3 is 2.70 bits per heavy atom. The minimum Gasteiger partial charge on any atom is -0.471 e. The second-order valence-electron chi connectivity index (χ2n) is 6.19. The molecule has 0 fully saturated rings. The molecule has 0 aliphatic carbocycles. The number of hydrogen-bond donors (Lipinski definition) is 0. The van der Waals surface area contributed by atoms with Crippen molar-refractivity contribution in [3.05, 3.63) is 84.6 Å². The molecular formula is C20H19N5O2. The van der Waals surface area contributed by atoms with Crippen molar-refractivity contribution >= 4 is 11.6 Å². The molecule has 4 aromatic rings. The van der Waals surface area contributed by atoms with E-state index in [9.17, 15) is 4.79 Å². The van der Waals surface area contributed by atoms with Gasteiger partial charge in [-0.1, -0.05) is 24.3 Å². The van der Waals surface area contributed by atoms with Crippen molar-refractivity contribution in [1.29, 1.82) is 0 Å². The number of carbonyl (C=O) groups is 1. The van der Waals surface area contributed by atoms with Gasteiger partial charge in [-0.2, -0.15) is 5.10 Å². The Morgan fingerprint density at radius 1 is 1.07 bits per heavy atom. The first-order chi connectivity index (χ1) is 13.2. The van der Waals surface area contributed by atoms with Gasteiger partial charge in [0.25, 0.3) is 5.91 Å². The summed E-state index contributed by atoms with van der Waals surface area (Å²) < 4.78 is 9.17. The van der Waals surface area contributed by atoms with Gasteiger partial charge in [0, 0.05) is 25.6 Å². The van der Waals surface area contributed by atoms with Crippen molar-refractivity contribution in [2.75, 3.05) is 7.05 Å². The summed E-state index contributed by atoms with van der Waals surface area (Å²) in [5.41, 5.74) is 2.05. The molecule has 3 aromatic heterocycles. The van der Waals surface area contributed by atoms with Gasteiger partial charge in [0.05, 0.1) is 12.2 Å². The topological polar surface area (TPSA) is 64.7 Å². The number of ether oxygens (including phenoxy) is 1. The number of imidazole rings is 1. The molecule has 7 heteroatoms. The maximum absolute atomic E-state index is 12.6. The summed E-state index contributed by atoms with van der Waals surface area (Å²) in [7, 11) is 1.74. The highest BCUT2D eigenvalue weighted by Gasteiger charge is 2.16. The Balaban J connectivity index is 1.39.